The molecular formula is C15H25NO. The molecule has 0 amide bonds. The van der Waals surface area contributed by atoms with Crippen LogP contribution < -0.4 is 0 Å². The first-order valence-electron chi connectivity index (χ1n) is 6.39. The van der Waals surface area contributed by atoms with Gasteiger partial charge in [-0.2, -0.15) is 0 Å². The molecule has 1 N–H and O–H groups in total. The highest BCUT2D eigenvalue weighted by atomic mass is 16.3. The first-order valence-corrected chi connectivity index (χ1v) is 6.39. The maximum Gasteiger partial charge on any atom is 0.0853 e. The molecule has 0 aliphatic heterocycles. The second kappa shape index (κ2) is 6.18. The average Bonchev–Trinajstić information content (AvgIpc) is 2.28. The first-order chi connectivity index (χ1) is 7.97. The third-order valence-electron chi connectivity index (χ3n) is 3.14. The molecule has 1 atom stereocenters. The van der Waals surface area contributed by atoms with E-state index in [9.17, 15) is 5.11 Å². The fraction of sp³-hybridized carbons (Fsp3) is 0.600. The largest absolute Gasteiger partial charge is 0.388 e. The number of nitrogens with zero attached hydrogens (tertiary/aromatic N) is 1. The Morgan fingerprint density at radius 3 is 2.35 bits per heavy atom. The summed E-state index contributed by atoms with van der Waals surface area (Å²) in [5, 5.41) is 10.4. The highest BCUT2D eigenvalue weighted by Gasteiger charge is 2.30. The lowest BCUT2D eigenvalue weighted by Crippen LogP contribution is -2.36. The van der Waals surface area contributed by atoms with Gasteiger partial charge in [0.25, 0.3) is 0 Å². The van der Waals surface area contributed by atoms with Crippen molar-refractivity contribution in [3.05, 3.63) is 35.9 Å². The Hall–Kier alpha value is -0.860. The molecule has 0 heterocycles. The van der Waals surface area contributed by atoms with Crippen molar-refractivity contribution in [2.75, 3.05) is 20.1 Å². The molecule has 0 saturated heterocycles. The van der Waals surface area contributed by atoms with E-state index in [2.05, 4.69) is 32.7 Å². The van der Waals surface area contributed by atoms with E-state index in [-0.39, 0.29) is 5.41 Å². The van der Waals surface area contributed by atoms with Crippen molar-refractivity contribution in [3.8, 4) is 0 Å². The fourth-order valence-electron chi connectivity index (χ4n) is 2.33. The molecular weight excluding hydrogens is 210 g/mol. The second-order valence-electron chi connectivity index (χ2n) is 5.54. The van der Waals surface area contributed by atoms with Gasteiger partial charge in [-0.3, -0.25) is 0 Å². The van der Waals surface area contributed by atoms with Gasteiger partial charge in [-0.1, -0.05) is 51.1 Å². The van der Waals surface area contributed by atoms with Crippen LogP contribution in [0.3, 0.4) is 0 Å². The van der Waals surface area contributed by atoms with Crippen molar-refractivity contribution < 1.29 is 5.11 Å². The quantitative estimate of drug-likeness (QED) is 0.819. The summed E-state index contributed by atoms with van der Waals surface area (Å²) in [5.74, 6) is 0. The van der Waals surface area contributed by atoms with Crippen LogP contribution in [0.25, 0.3) is 0 Å². The fourth-order valence-corrected chi connectivity index (χ4v) is 2.33. The second-order valence-corrected chi connectivity index (χ2v) is 5.54. The summed E-state index contributed by atoms with van der Waals surface area (Å²) < 4.78 is 0. The normalized spacial score (nSPS) is 14.0. The summed E-state index contributed by atoms with van der Waals surface area (Å²) in [4.78, 5) is 2.28. The van der Waals surface area contributed by atoms with Gasteiger partial charge < -0.3 is 10.0 Å². The minimum absolute atomic E-state index is 0.134. The van der Waals surface area contributed by atoms with Gasteiger partial charge in [0.1, 0.15) is 0 Å². The van der Waals surface area contributed by atoms with Gasteiger partial charge in [-0.15, -0.1) is 0 Å². The van der Waals surface area contributed by atoms with E-state index in [4.69, 9.17) is 0 Å². The smallest absolute Gasteiger partial charge is 0.0853 e. The minimum Gasteiger partial charge on any atom is -0.388 e. The summed E-state index contributed by atoms with van der Waals surface area (Å²) in [5.41, 5.74) is 0.869. The summed E-state index contributed by atoms with van der Waals surface area (Å²) in [6.45, 7) is 8.40. The predicted octanol–water partition coefficient (Wildman–Crippen LogP) is 3.09. The summed E-state index contributed by atoms with van der Waals surface area (Å²) in [6, 6.07) is 9.92. The van der Waals surface area contributed by atoms with Crippen LogP contribution in [-0.4, -0.2) is 30.1 Å². The maximum atomic E-state index is 10.4. The third-order valence-corrected chi connectivity index (χ3v) is 3.14. The molecule has 0 radical (unpaired) electrons. The van der Waals surface area contributed by atoms with E-state index >= 15 is 0 Å². The lowest BCUT2D eigenvalue weighted by Gasteiger charge is -2.34. The van der Waals surface area contributed by atoms with Crippen molar-refractivity contribution in [3.63, 3.8) is 0 Å². The van der Waals surface area contributed by atoms with Crippen molar-refractivity contribution >= 4 is 0 Å². The van der Waals surface area contributed by atoms with Crippen molar-refractivity contribution in [2.45, 2.75) is 33.3 Å². The van der Waals surface area contributed by atoms with Gasteiger partial charge in [-0.25, -0.2) is 0 Å². The van der Waals surface area contributed by atoms with Crippen LogP contribution >= 0.6 is 0 Å². The van der Waals surface area contributed by atoms with E-state index in [1.807, 2.05) is 30.3 Å². The molecule has 0 spiro atoms. The van der Waals surface area contributed by atoms with Gasteiger partial charge in [0, 0.05) is 12.0 Å². The van der Waals surface area contributed by atoms with E-state index in [1.165, 1.54) is 0 Å². The molecule has 0 aromatic heterocycles. The summed E-state index contributed by atoms with van der Waals surface area (Å²) in [7, 11) is 2.11. The molecule has 0 aliphatic carbocycles. The lowest BCUT2D eigenvalue weighted by atomic mass is 9.82. The minimum atomic E-state index is -0.414. The van der Waals surface area contributed by atoms with E-state index in [1.54, 1.807) is 0 Å². The Balaban J connectivity index is 2.69. The summed E-state index contributed by atoms with van der Waals surface area (Å²) in [6.07, 6.45) is 0.733. The number of hydrogen-bond acceptors (Lipinski definition) is 2. The highest BCUT2D eigenvalue weighted by molar-refractivity contribution is 5.19. The van der Waals surface area contributed by atoms with Crippen LogP contribution in [0.15, 0.2) is 30.3 Å². The number of aliphatic hydroxyl groups excluding tert-OH is 1. The zero-order chi connectivity index (χ0) is 12.9. The van der Waals surface area contributed by atoms with Crippen LogP contribution in [0.4, 0.5) is 0 Å². The van der Waals surface area contributed by atoms with E-state index in [0.29, 0.717) is 0 Å². The maximum absolute atomic E-state index is 10.4. The van der Waals surface area contributed by atoms with Crippen LogP contribution in [0, 0.1) is 5.41 Å². The van der Waals surface area contributed by atoms with Crippen LogP contribution in [-0.2, 0) is 0 Å². The zero-order valence-corrected chi connectivity index (χ0v) is 11.5. The highest BCUT2D eigenvalue weighted by Crippen LogP contribution is 2.33. The average molecular weight is 235 g/mol. The van der Waals surface area contributed by atoms with E-state index in [0.717, 1.165) is 25.1 Å². The molecule has 17 heavy (non-hydrogen) atoms. The molecule has 0 bridgehead atoms. The lowest BCUT2D eigenvalue weighted by molar-refractivity contribution is 0.0260. The standard InChI is InChI=1S/C15H25NO/c1-5-11-16(4)12-15(2,3)14(17)13-9-7-6-8-10-13/h6-10,14,17H,5,11-12H2,1-4H3. The zero-order valence-electron chi connectivity index (χ0n) is 11.5. The molecule has 1 rings (SSSR count). The number of rotatable bonds is 6. The predicted molar refractivity (Wildman–Crippen MR) is 73.0 cm³/mol. The van der Waals surface area contributed by atoms with Crippen molar-refractivity contribution in [1.82, 2.24) is 4.90 Å². The van der Waals surface area contributed by atoms with Gasteiger partial charge in [0.05, 0.1) is 6.10 Å². The molecule has 2 heteroatoms. The SMILES string of the molecule is CCCN(C)CC(C)(C)C(O)c1ccccc1. The summed E-state index contributed by atoms with van der Waals surface area (Å²) >= 11 is 0. The molecule has 0 fully saturated rings. The van der Waals surface area contributed by atoms with E-state index < -0.39 is 6.10 Å². The Kier molecular flexibility index (Phi) is 5.16. The Bertz CT molecular complexity index is 321. The van der Waals surface area contributed by atoms with Crippen LogP contribution in [0.5, 0.6) is 0 Å². The number of hydrogen-bond donors (Lipinski definition) is 1. The number of aliphatic hydroxyl groups is 1. The molecule has 2 nitrogen and oxygen atoms in total. The van der Waals surface area contributed by atoms with Gasteiger partial charge in [-0.05, 0) is 25.6 Å². The van der Waals surface area contributed by atoms with Gasteiger partial charge in [0.15, 0.2) is 0 Å². The topological polar surface area (TPSA) is 23.5 Å². The van der Waals surface area contributed by atoms with Crippen LogP contribution in [0.2, 0.25) is 0 Å². The Labute approximate surface area is 105 Å². The Morgan fingerprint density at radius 2 is 1.82 bits per heavy atom. The van der Waals surface area contributed by atoms with Crippen molar-refractivity contribution in [2.24, 2.45) is 5.41 Å². The van der Waals surface area contributed by atoms with Crippen LogP contribution in [0.1, 0.15) is 38.9 Å². The molecule has 0 saturated carbocycles. The molecule has 1 unspecified atom stereocenters. The molecule has 0 aliphatic rings. The molecule has 1 aromatic carbocycles. The first kappa shape index (κ1) is 14.2. The molecule has 1 aromatic rings. The van der Waals surface area contributed by atoms with Crippen molar-refractivity contribution in [1.29, 1.82) is 0 Å². The third kappa shape index (κ3) is 4.14. The molecule has 96 valence electrons. The monoisotopic (exact) mass is 235 g/mol. The Morgan fingerprint density at radius 1 is 1.24 bits per heavy atom. The number of benzene rings is 1. The van der Waals surface area contributed by atoms with Gasteiger partial charge >= 0.3 is 0 Å². The van der Waals surface area contributed by atoms with Gasteiger partial charge in [0.2, 0.25) is 0 Å².